The van der Waals surface area contributed by atoms with Gasteiger partial charge in [0.25, 0.3) is 0 Å². The number of halogens is 2. The molecule has 0 saturated carbocycles. The third-order valence-electron chi connectivity index (χ3n) is 3.93. The van der Waals surface area contributed by atoms with Gasteiger partial charge < -0.3 is 5.32 Å². The number of nitrogens with one attached hydrogen (secondary N) is 1. The van der Waals surface area contributed by atoms with Crippen LogP contribution >= 0.6 is 34.5 Å². The fraction of sp³-hybridized carbons (Fsp3) is 0.412. The van der Waals surface area contributed by atoms with E-state index in [1.807, 2.05) is 23.5 Å². The van der Waals surface area contributed by atoms with Crippen LogP contribution in [0.1, 0.15) is 46.7 Å². The first-order valence-corrected chi connectivity index (χ1v) is 9.06. The molecule has 0 spiro atoms. The summed E-state index contributed by atoms with van der Waals surface area (Å²) in [7, 11) is 0. The molecule has 4 heteroatoms. The summed E-state index contributed by atoms with van der Waals surface area (Å²) in [5.74, 6) is 0. The Morgan fingerprint density at radius 1 is 1.19 bits per heavy atom. The van der Waals surface area contributed by atoms with Gasteiger partial charge >= 0.3 is 0 Å². The molecule has 1 aromatic carbocycles. The number of fused-ring (bicyclic) bond motifs is 1. The molecule has 21 heavy (non-hydrogen) atoms. The third-order valence-corrected chi connectivity index (χ3v) is 5.97. The van der Waals surface area contributed by atoms with E-state index in [0.29, 0.717) is 10.0 Å². The number of thiophene rings is 1. The highest BCUT2D eigenvalue weighted by molar-refractivity contribution is 7.12. The zero-order valence-corrected chi connectivity index (χ0v) is 14.4. The molecular formula is C17H19Cl2NS. The maximum Gasteiger partial charge on any atom is 0.0671 e. The SMILES string of the molecule is CCCNC(c1ccc(Cl)c(Cl)c1)c1cc2c(s1)CCC2. The summed E-state index contributed by atoms with van der Waals surface area (Å²) >= 11 is 14.2. The van der Waals surface area contributed by atoms with Crippen molar-refractivity contribution in [2.45, 2.75) is 38.6 Å². The number of hydrogen-bond acceptors (Lipinski definition) is 2. The standard InChI is InChI=1S/C17H19Cl2NS/c1-2-8-20-17(12-6-7-13(18)14(19)9-12)16-10-11-4-3-5-15(11)21-16/h6-7,9-10,17,20H,2-5,8H2,1H3. The molecule has 1 atom stereocenters. The van der Waals surface area contributed by atoms with Crippen molar-refractivity contribution < 1.29 is 0 Å². The van der Waals surface area contributed by atoms with Crippen molar-refractivity contribution in [2.75, 3.05) is 6.54 Å². The zero-order valence-electron chi connectivity index (χ0n) is 12.1. The Bertz CT molecular complexity index is 614. The molecule has 1 aliphatic carbocycles. The highest BCUT2D eigenvalue weighted by Crippen LogP contribution is 2.37. The van der Waals surface area contributed by atoms with E-state index < -0.39 is 0 Å². The minimum absolute atomic E-state index is 0.218. The monoisotopic (exact) mass is 339 g/mol. The fourth-order valence-corrected chi connectivity index (χ4v) is 4.53. The van der Waals surface area contributed by atoms with Crippen LogP contribution in [0.2, 0.25) is 10.0 Å². The van der Waals surface area contributed by atoms with E-state index >= 15 is 0 Å². The summed E-state index contributed by atoms with van der Waals surface area (Å²) in [4.78, 5) is 2.96. The molecule has 0 saturated heterocycles. The van der Waals surface area contributed by atoms with E-state index in [9.17, 15) is 0 Å². The Hall–Kier alpha value is -0.540. The predicted octanol–water partition coefficient (Wildman–Crippen LogP) is 5.63. The van der Waals surface area contributed by atoms with Crippen molar-refractivity contribution >= 4 is 34.5 Å². The summed E-state index contributed by atoms with van der Waals surface area (Å²) in [6.45, 7) is 3.18. The molecule has 1 N–H and O–H groups in total. The van der Waals surface area contributed by atoms with Gasteiger partial charge in [0.15, 0.2) is 0 Å². The van der Waals surface area contributed by atoms with Gasteiger partial charge in [0.1, 0.15) is 0 Å². The Morgan fingerprint density at radius 3 is 2.76 bits per heavy atom. The lowest BCUT2D eigenvalue weighted by molar-refractivity contribution is 0.605. The minimum atomic E-state index is 0.218. The van der Waals surface area contributed by atoms with Gasteiger partial charge in [-0.3, -0.25) is 0 Å². The molecule has 0 amide bonds. The summed E-state index contributed by atoms with van der Waals surface area (Å²) in [6, 6.07) is 8.55. The number of rotatable bonds is 5. The lowest BCUT2D eigenvalue weighted by Gasteiger charge is -2.18. The molecule has 0 bridgehead atoms. The van der Waals surface area contributed by atoms with E-state index in [0.717, 1.165) is 13.0 Å². The lowest BCUT2D eigenvalue weighted by atomic mass is 10.0. The molecule has 112 valence electrons. The van der Waals surface area contributed by atoms with Crippen molar-refractivity contribution in [3.63, 3.8) is 0 Å². The Labute approximate surface area is 140 Å². The second-order valence-electron chi connectivity index (χ2n) is 5.51. The quantitative estimate of drug-likeness (QED) is 0.743. The molecule has 0 fully saturated rings. The first kappa shape index (κ1) is 15.4. The molecule has 0 radical (unpaired) electrons. The largest absolute Gasteiger partial charge is 0.306 e. The van der Waals surface area contributed by atoms with Crippen molar-refractivity contribution in [3.05, 3.63) is 55.2 Å². The van der Waals surface area contributed by atoms with Crippen molar-refractivity contribution in [1.29, 1.82) is 0 Å². The van der Waals surface area contributed by atoms with Gasteiger partial charge in [-0.1, -0.05) is 36.2 Å². The molecule has 1 nitrogen and oxygen atoms in total. The predicted molar refractivity (Wildman–Crippen MR) is 92.9 cm³/mol. The van der Waals surface area contributed by atoms with Crippen LogP contribution in [0.15, 0.2) is 24.3 Å². The van der Waals surface area contributed by atoms with Gasteiger partial charge in [-0.15, -0.1) is 11.3 Å². The van der Waals surface area contributed by atoms with Crippen LogP contribution in [0.3, 0.4) is 0 Å². The van der Waals surface area contributed by atoms with E-state index in [1.165, 1.54) is 29.7 Å². The van der Waals surface area contributed by atoms with Crippen LogP contribution in [0.4, 0.5) is 0 Å². The van der Waals surface area contributed by atoms with E-state index in [4.69, 9.17) is 23.2 Å². The van der Waals surface area contributed by atoms with Crippen molar-refractivity contribution in [3.8, 4) is 0 Å². The molecule has 1 unspecified atom stereocenters. The first-order valence-electron chi connectivity index (χ1n) is 7.49. The van der Waals surface area contributed by atoms with Crippen LogP contribution in [0.5, 0.6) is 0 Å². The van der Waals surface area contributed by atoms with Crippen LogP contribution in [-0.4, -0.2) is 6.54 Å². The molecular weight excluding hydrogens is 321 g/mol. The highest BCUT2D eigenvalue weighted by atomic mass is 35.5. The maximum atomic E-state index is 6.20. The van der Waals surface area contributed by atoms with Crippen LogP contribution in [0, 0.1) is 0 Å². The topological polar surface area (TPSA) is 12.0 Å². The van der Waals surface area contributed by atoms with Crippen LogP contribution in [-0.2, 0) is 12.8 Å². The molecule has 0 aliphatic heterocycles. The first-order chi connectivity index (χ1) is 10.2. The summed E-state index contributed by atoms with van der Waals surface area (Å²) in [6.07, 6.45) is 4.89. The highest BCUT2D eigenvalue weighted by Gasteiger charge is 2.21. The number of benzene rings is 1. The summed E-state index contributed by atoms with van der Waals surface area (Å²) < 4.78 is 0. The van der Waals surface area contributed by atoms with E-state index in [2.05, 4.69) is 24.4 Å². The van der Waals surface area contributed by atoms with Gasteiger partial charge in [-0.05, 0) is 61.6 Å². The average molecular weight is 340 g/mol. The van der Waals surface area contributed by atoms with Crippen molar-refractivity contribution in [2.24, 2.45) is 0 Å². The van der Waals surface area contributed by atoms with E-state index in [-0.39, 0.29) is 6.04 Å². The van der Waals surface area contributed by atoms with Gasteiger partial charge in [-0.2, -0.15) is 0 Å². The summed E-state index contributed by atoms with van der Waals surface area (Å²) in [5.41, 5.74) is 2.73. The molecule has 1 aliphatic rings. The van der Waals surface area contributed by atoms with E-state index in [1.54, 1.807) is 10.4 Å². The number of hydrogen-bond donors (Lipinski definition) is 1. The Balaban J connectivity index is 1.94. The lowest BCUT2D eigenvalue weighted by Crippen LogP contribution is -2.22. The molecule has 2 aromatic rings. The third kappa shape index (κ3) is 3.29. The normalized spacial score (nSPS) is 15.2. The average Bonchev–Trinajstić information content (AvgIpc) is 3.04. The zero-order chi connectivity index (χ0) is 14.8. The van der Waals surface area contributed by atoms with Crippen LogP contribution < -0.4 is 5.32 Å². The molecule has 1 aromatic heterocycles. The second kappa shape index (κ2) is 6.70. The Kier molecular flexibility index (Phi) is 4.90. The fourth-order valence-electron chi connectivity index (χ4n) is 2.86. The van der Waals surface area contributed by atoms with Gasteiger partial charge in [0.05, 0.1) is 16.1 Å². The Morgan fingerprint density at radius 2 is 2.05 bits per heavy atom. The van der Waals surface area contributed by atoms with Gasteiger partial charge in [-0.25, -0.2) is 0 Å². The summed E-state index contributed by atoms with van der Waals surface area (Å²) in [5, 5.41) is 4.89. The van der Waals surface area contributed by atoms with Crippen LogP contribution in [0.25, 0.3) is 0 Å². The van der Waals surface area contributed by atoms with Gasteiger partial charge in [0.2, 0.25) is 0 Å². The smallest absolute Gasteiger partial charge is 0.0671 e. The van der Waals surface area contributed by atoms with Crippen molar-refractivity contribution in [1.82, 2.24) is 5.32 Å². The van der Waals surface area contributed by atoms with Gasteiger partial charge in [0, 0.05) is 9.75 Å². The maximum absolute atomic E-state index is 6.20. The minimum Gasteiger partial charge on any atom is -0.306 e. The molecule has 1 heterocycles. The second-order valence-corrected chi connectivity index (χ2v) is 7.49. The molecule has 3 rings (SSSR count). The number of aryl methyl sites for hydroxylation is 2.